The molecule has 0 amide bonds. The Bertz CT molecular complexity index is 361. The molecule has 22 heavy (non-hydrogen) atoms. The molecule has 0 radical (unpaired) electrons. The van der Waals surface area contributed by atoms with Gasteiger partial charge in [-0.15, -0.1) is 0 Å². The van der Waals surface area contributed by atoms with Crippen molar-refractivity contribution in [2.45, 2.75) is 27.7 Å². The normalized spacial score (nSPS) is 10.7. The Morgan fingerprint density at radius 2 is 1.14 bits per heavy atom. The summed E-state index contributed by atoms with van der Waals surface area (Å²) in [6.45, 7) is 15.3. The number of ether oxygens (including phenoxy) is 2. The zero-order valence-corrected chi connectivity index (χ0v) is 14.7. The molecule has 0 saturated heterocycles. The van der Waals surface area contributed by atoms with Gasteiger partial charge in [0.05, 0.1) is 24.6 Å². The van der Waals surface area contributed by atoms with Gasteiger partial charge in [0.25, 0.3) is 0 Å². The fourth-order valence-corrected chi connectivity index (χ4v) is 2.53. The molecule has 126 valence electrons. The minimum atomic E-state index is 0.768. The van der Waals surface area contributed by atoms with E-state index in [0.29, 0.717) is 0 Å². The SMILES string of the molecule is CCOCCN(CC)c1ccccc1N(CC)CCOCC. The van der Waals surface area contributed by atoms with E-state index in [1.807, 2.05) is 13.8 Å². The molecule has 0 heterocycles. The first-order chi connectivity index (χ1) is 10.8. The summed E-state index contributed by atoms with van der Waals surface area (Å²) >= 11 is 0. The molecule has 0 atom stereocenters. The zero-order valence-electron chi connectivity index (χ0n) is 14.7. The Kier molecular flexibility index (Phi) is 9.67. The largest absolute Gasteiger partial charge is 0.380 e. The molecule has 4 nitrogen and oxygen atoms in total. The number of para-hydroxylation sites is 2. The van der Waals surface area contributed by atoms with Crippen LogP contribution in [0.2, 0.25) is 0 Å². The first kappa shape index (κ1) is 18.8. The fourth-order valence-electron chi connectivity index (χ4n) is 2.53. The highest BCUT2D eigenvalue weighted by Gasteiger charge is 2.13. The maximum absolute atomic E-state index is 5.52. The number of benzene rings is 1. The third-order valence-electron chi connectivity index (χ3n) is 3.75. The first-order valence-corrected chi connectivity index (χ1v) is 8.52. The predicted octanol–water partition coefficient (Wildman–Crippen LogP) is 3.41. The van der Waals surface area contributed by atoms with Gasteiger partial charge in [-0.1, -0.05) is 12.1 Å². The van der Waals surface area contributed by atoms with E-state index in [2.05, 4.69) is 47.9 Å². The third kappa shape index (κ3) is 5.85. The summed E-state index contributed by atoms with van der Waals surface area (Å²) in [5, 5.41) is 0. The molecule has 0 aliphatic rings. The van der Waals surface area contributed by atoms with Gasteiger partial charge in [0.2, 0.25) is 0 Å². The lowest BCUT2D eigenvalue weighted by molar-refractivity contribution is 0.153. The van der Waals surface area contributed by atoms with Crippen molar-refractivity contribution in [1.82, 2.24) is 0 Å². The van der Waals surface area contributed by atoms with Crippen molar-refractivity contribution in [3.8, 4) is 0 Å². The monoisotopic (exact) mass is 308 g/mol. The van der Waals surface area contributed by atoms with Crippen LogP contribution in [0, 0.1) is 0 Å². The summed E-state index contributed by atoms with van der Waals surface area (Å²) in [5.41, 5.74) is 2.56. The van der Waals surface area contributed by atoms with E-state index in [1.54, 1.807) is 0 Å². The van der Waals surface area contributed by atoms with Crippen LogP contribution < -0.4 is 9.80 Å². The Balaban J connectivity index is 2.84. The molecule has 0 fully saturated rings. The van der Waals surface area contributed by atoms with E-state index in [1.165, 1.54) is 11.4 Å². The molecule has 4 heteroatoms. The smallest absolute Gasteiger partial charge is 0.0641 e. The predicted molar refractivity (Wildman–Crippen MR) is 95.2 cm³/mol. The molecule has 1 aromatic carbocycles. The summed E-state index contributed by atoms with van der Waals surface area (Å²) in [7, 11) is 0. The van der Waals surface area contributed by atoms with Crippen molar-refractivity contribution >= 4 is 11.4 Å². The maximum Gasteiger partial charge on any atom is 0.0641 e. The average Bonchev–Trinajstić information content (AvgIpc) is 2.56. The maximum atomic E-state index is 5.52. The second-order valence-electron chi connectivity index (χ2n) is 5.04. The van der Waals surface area contributed by atoms with E-state index in [4.69, 9.17) is 9.47 Å². The van der Waals surface area contributed by atoms with E-state index in [-0.39, 0.29) is 0 Å². The molecular formula is C18H32N2O2. The van der Waals surface area contributed by atoms with Crippen LogP contribution in [0.4, 0.5) is 11.4 Å². The molecule has 0 aliphatic heterocycles. The van der Waals surface area contributed by atoms with Crippen LogP contribution in [0.3, 0.4) is 0 Å². The quantitative estimate of drug-likeness (QED) is 0.552. The molecule has 0 saturated carbocycles. The zero-order chi connectivity index (χ0) is 16.2. The summed E-state index contributed by atoms with van der Waals surface area (Å²) in [4.78, 5) is 4.77. The summed E-state index contributed by atoms with van der Waals surface area (Å²) in [5.74, 6) is 0. The van der Waals surface area contributed by atoms with Crippen molar-refractivity contribution in [3.63, 3.8) is 0 Å². The van der Waals surface area contributed by atoms with Crippen molar-refractivity contribution in [2.75, 3.05) is 62.4 Å². The van der Waals surface area contributed by atoms with Crippen LogP contribution in [0.1, 0.15) is 27.7 Å². The van der Waals surface area contributed by atoms with Gasteiger partial charge in [0, 0.05) is 39.4 Å². The number of rotatable bonds is 12. The number of nitrogens with zero attached hydrogens (tertiary/aromatic N) is 2. The van der Waals surface area contributed by atoms with Crippen LogP contribution in [-0.2, 0) is 9.47 Å². The molecule has 0 spiro atoms. The number of anilines is 2. The average molecular weight is 308 g/mol. The van der Waals surface area contributed by atoms with E-state index in [9.17, 15) is 0 Å². The van der Waals surface area contributed by atoms with Gasteiger partial charge in [-0.25, -0.2) is 0 Å². The Morgan fingerprint density at radius 1 is 0.727 bits per heavy atom. The number of likely N-dealkylation sites (N-methyl/N-ethyl adjacent to an activating group) is 2. The van der Waals surface area contributed by atoms with Crippen LogP contribution >= 0.6 is 0 Å². The van der Waals surface area contributed by atoms with Gasteiger partial charge in [-0.2, -0.15) is 0 Å². The van der Waals surface area contributed by atoms with Crippen LogP contribution in [-0.4, -0.2) is 52.6 Å². The molecule has 0 aromatic heterocycles. The number of hydrogen-bond donors (Lipinski definition) is 0. The highest BCUT2D eigenvalue weighted by atomic mass is 16.5. The molecular weight excluding hydrogens is 276 g/mol. The molecule has 1 rings (SSSR count). The first-order valence-electron chi connectivity index (χ1n) is 8.52. The van der Waals surface area contributed by atoms with Crippen LogP contribution in [0.25, 0.3) is 0 Å². The lowest BCUT2D eigenvalue weighted by atomic mass is 10.2. The van der Waals surface area contributed by atoms with Gasteiger partial charge < -0.3 is 19.3 Å². The summed E-state index contributed by atoms with van der Waals surface area (Å²) < 4.78 is 11.0. The number of hydrogen-bond acceptors (Lipinski definition) is 4. The lowest BCUT2D eigenvalue weighted by Crippen LogP contribution is -2.32. The minimum Gasteiger partial charge on any atom is -0.380 e. The Morgan fingerprint density at radius 3 is 1.45 bits per heavy atom. The van der Waals surface area contributed by atoms with Gasteiger partial charge in [-0.3, -0.25) is 0 Å². The van der Waals surface area contributed by atoms with E-state index >= 15 is 0 Å². The highest BCUT2D eigenvalue weighted by molar-refractivity contribution is 5.71. The van der Waals surface area contributed by atoms with Gasteiger partial charge in [-0.05, 0) is 39.8 Å². The third-order valence-corrected chi connectivity index (χ3v) is 3.75. The molecule has 1 aromatic rings. The van der Waals surface area contributed by atoms with Crippen molar-refractivity contribution in [3.05, 3.63) is 24.3 Å². The van der Waals surface area contributed by atoms with Gasteiger partial charge >= 0.3 is 0 Å². The van der Waals surface area contributed by atoms with E-state index in [0.717, 1.165) is 52.6 Å². The Hall–Kier alpha value is -1.26. The van der Waals surface area contributed by atoms with Gasteiger partial charge in [0.1, 0.15) is 0 Å². The van der Waals surface area contributed by atoms with Crippen molar-refractivity contribution in [1.29, 1.82) is 0 Å². The standard InChI is InChI=1S/C18H32N2O2/c1-5-19(13-15-21-7-3)17-11-9-10-12-18(17)20(6-2)14-16-22-8-4/h9-12H,5-8,13-16H2,1-4H3. The van der Waals surface area contributed by atoms with Gasteiger partial charge in [0.15, 0.2) is 0 Å². The van der Waals surface area contributed by atoms with Crippen molar-refractivity contribution < 1.29 is 9.47 Å². The topological polar surface area (TPSA) is 24.9 Å². The second-order valence-corrected chi connectivity index (χ2v) is 5.04. The Labute approximate surface area is 136 Å². The molecule has 0 bridgehead atoms. The molecule has 0 unspecified atom stereocenters. The molecule has 0 aliphatic carbocycles. The van der Waals surface area contributed by atoms with Crippen LogP contribution in [0.15, 0.2) is 24.3 Å². The lowest BCUT2D eigenvalue weighted by Gasteiger charge is -2.31. The second kappa shape index (κ2) is 11.3. The highest BCUT2D eigenvalue weighted by Crippen LogP contribution is 2.29. The van der Waals surface area contributed by atoms with Crippen LogP contribution in [0.5, 0.6) is 0 Å². The molecule has 0 N–H and O–H groups in total. The summed E-state index contributed by atoms with van der Waals surface area (Å²) in [6, 6.07) is 8.62. The van der Waals surface area contributed by atoms with Crippen molar-refractivity contribution in [2.24, 2.45) is 0 Å². The minimum absolute atomic E-state index is 0.768. The summed E-state index contributed by atoms with van der Waals surface area (Å²) in [6.07, 6.45) is 0. The van der Waals surface area contributed by atoms with E-state index < -0.39 is 0 Å². The fraction of sp³-hybridized carbons (Fsp3) is 0.667.